The van der Waals surface area contributed by atoms with Crippen LogP contribution >= 0.6 is 0 Å². The first-order valence-electron chi connectivity index (χ1n) is 5.44. The summed E-state index contributed by atoms with van der Waals surface area (Å²) in [7, 11) is 0. The monoisotopic (exact) mass is 228 g/mol. The van der Waals surface area contributed by atoms with Crippen molar-refractivity contribution in [2.75, 3.05) is 0 Å². The number of carbonyl (C=O) groups excluding carboxylic acids is 1. The van der Waals surface area contributed by atoms with E-state index in [0.717, 1.165) is 28.5 Å². The average molecular weight is 228 g/mol. The van der Waals surface area contributed by atoms with Crippen LogP contribution < -0.4 is 0 Å². The van der Waals surface area contributed by atoms with Crippen molar-refractivity contribution in [3.8, 4) is 11.1 Å². The third-order valence-corrected chi connectivity index (χ3v) is 2.81. The zero-order valence-corrected chi connectivity index (χ0v) is 9.83. The highest BCUT2D eigenvalue weighted by Crippen LogP contribution is 2.27. The van der Waals surface area contributed by atoms with E-state index in [1.807, 2.05) is 26.0 Å². The van der Waals surface area contributed by atoms with Crippen molar-refractivity contribution in [1.82, 2.24) is 0 Å². The van der Waals surface area contributed by atoms with Crippen LogP contribution in [-0.4, -0.2) is 6.29 Å². The Kier molecular flexibility index (Phi) is 3.05. The summed E-state index contributed by atoms with van der Waals surface area (Å²) in [4.78, 5) is 11.0. The number of rotatable bonds is 2. The van der Waals surface area contributed by atoms with E-state index >= 15 is 0 Å². The Hall–Kier alpha value is -1.96. The van der Waals surface area contributed by atoms with E-state index in [2.05, 4.69) is 0 Å². The second-order valence-corrected chi connectivity index (χ2v) is 4.17. The maximum atomic E-state index is 13.1. The summed E-state index contributed by atoms with van der Waals surface area (Å²) in [5.74, 6) is -0.258. The highest BCUT2D eigenvalue weighted by molar-refractivity contribution is 5.88. The number of hydrogen-bond donors (Lipinski definition) is 0. The first-order chi connectivity index (χ1) is 8.11. The number of aldehydes is 1. The largest absolute Gasteiger partial charge is 0.298 e. The van der Waals surface area contributed by atoms with Gasteiger partial charge in [-0.3, -0.25) is 4.79 Å². The van der Waals surface area contributed by atoms with E-state index in [1.165, 1.54) is 12.1 Å². The van der Waals surface area contributed by atoms with Crippen molar-refractivity contribution in [1.29, 1.82) is 0 Å². The molecule has 86 valence electrons. The van der Waals surface area contributed by atoms with Gasteiger partial charge in [0.2, 0.25) is 0 Å². The van der Waals surface area contributed by atoms with Gasteiger partial charge in [-0.15, -0.1) is 0 Å². The summed E-state index contributed by atoms with van der Waals surface area (Å²) in [5.41, 5.74) is 4.30. The zero-order valence-electron chi connectivity index (χ0n) is 9.83. The molecule has 2 rings (SSSR count). The predicted octanol–water partition coefficient (Wildman–Crippen LogP) is 3.92. The van der Waals surface area contributed by atoms with Gasteiger partial charge >= 0.3 is 0 Å². The molecule has 0 radical (unpaired) electrons. The minimum Gasteiger partial charge on any atom is -0.298 e. The smallest absolute Gasteiger partial charge is 0.150 e. The SMILES string of the molecule is Cc1ccc(C=O)c(-c2ccc(F)cc2C)c1. The number of aryl methyl sites for hydroxylation is 2. The lowest BCUT2D eigenvalue weighted by Crippen LogP contribution is -1.92. The van der Waals surface area contributed by atoms with Crippen molar-refractivity contribution in [3.05, 3.63) is 58.9 Å². The highest BCUT2D eigenvalue weighted by Gasteiger charge is 2.08. The molecule has 0 unspecified atom stereocenters. The number of carbonyl (C=O) groups is 1. The molecule has 2 aromatic carbocycles. The zero-order chi connectivity index (χ0) is 12.4. The molecule has 1 nitrogen and oxygen atoms in total. The van der Waals surface area contributed by atoms with Crippen LogP contribution in [0.4, 0.5) is 4.39 Å². The van der Waals surface area contributed by atoms with Crippen molar-refractivity contribution in [2.24, 2.45) is 0 Å². The second kappa shape index (κ2) is 4.50. The molecule has 0 amide bonds. The summed E-state index contributed by atoms with van der Waals surface area (Å²) in [6, 6.07) is 10.2. The maximum absolute atomic E-state index is 13.1. The Bertz CT molecular complexity index is 573. The van der Waals surface area contributed by atoms with E-state index < -0.39 is 0 Å². The van der Waals surface area contributed by atoms with Gasteiger partial charge in [-0.25, -0.2) is 4.39 Å². The molecule has 0 aliphatic rings. The summed E-state index contributed by atoms with van der Waals surface area (Å²) < 4.78 is 13.1. The normalized spacial score (nSPS) is 10.3. The lowest BCUT2D eigenvalue weighted by molar-refractivity contribution is 0.112. The van der Waals surface area contributed by atoms with E-state index in [9.17, 15) is 9.18 Å². The van der Waals surface area contributed by atoms with Crippen LogP contribution in [0.25, 0.3) is 11.1 Å². The molecule has 0 fully saturated rings. The van der Waals surface area contributed by atoms with Gasteiger partial charge in [0, 0.05) is 5.56 Å². The van der Waals surface area contributed by atoms with Crippen molar-refractivity contribution in [2.45, 2.75) is 13.8 Å². The molecule has 0 heterocycles. The van der Waals surface area contributed by atoms with Crippen LogP contribution in [0.1, 0.15) is 21.5 Å². The van der Waals surface area contributed by atoms with Gasteiger partial charge in [-0.1, -0.05) is 29.8 Å². The van der Waals surface area contributed by atoms with Gasteiger partial charge < -0.3 is 0 Å². The van der Waals surface area contributed by atoms with Crippen LogP contribution in [0.2, 0.25) is 0 Å². The molecule has 2 heteroatoms. The lowest BCUT2D eigenvalue weighted by Gasteiger charge is -2.09. The summed E-state index contributed by atoms with van der Waals surface area (Å²) in [6.07, 6.45) is 0.831. The quantitative estimate of drug-likeness (QED) is 0.712. The van der Waals surface area contributed by atoms with Crippen LogP contribution in [0.3, 0.4) is 0 Å². The van der Waals surface area contributed by atoms with E-state index in [4.69, 9.17) is 0 Å². The molecule has 0 N–H and O–H groups in total. The third-order valence-electron chi connectivity index (χ3n) is 2.81. The summed E-state index contributed by atoms with van der Waals surface area (Å²) in [6.45, 7) is 3.81. The van der Waals surface area contributed by atoms with Gasteiger partial charge in [-0.05, 0) is 42.7 Å². The average Bonchev–Trinajstić information content (AvgIpc) is 2.29. The van der Waals surface area contributed by atoms with Crippen LogP contribution in [-0.2, 0) is 0 Å². The lowest BCUT2D eigenvalue weighted by atomic mass is 9.95. The molecule has 0 saturated carbocycles. The van der Waals surface area contributed by atoms with E-state index in [1.54, 1.807) is 12.1 Å². The second-order valence-electron chi connectivity index (χ2n) is 4.17. The molecule has 0 spiro atoms. The number of benzene rings is 2. The molecule has 0 atom stereocenters. The van der Waals surface area contributed by atoms with Gasteiger partial charge in [-0.2, -0.15) is 0 Å². The Morgan fingerprint density at radius 3 is 2.41 bits per heavy atom. The molecular weight excluding hydrogens is 215 g/mol. The molecule has 0 aliphatic heterocycles. The topological polar surface area (TPSA) is 17.1 Å². The number of halogens is 1. The fraction of sp³-hybridized carbons (Fsp3) is 0.133. The first-order valence-corrected chi connectivity index (χ1v) is 5.44. The highest BCUT2D eigenvalue weighted by atomic mass is 19.1. The molecule has 0 saturated heterocycles. The van der Waals surface area contributed by atoms with E-state index in [-0.39, 0.29) is 5.82 Å². The van der Waals surface area contributed by atoms with Gasteiger partial charge in [0.1, 0.15) is 5.82 Å². The Morgan fingerprint density at radius 2 is 1.76 bits per heavy atom. The molecule has 2 aromatic rings. The van der Waals surface area contributed by atoms with E-state index in [0.29, 0.717) is 5.56 Å². The minimum absolute atomic E-state index is 0.258. The Balaban J connectivity index is 2.66. The predicted molar refractivity (Wildman–Crippen MR) is 66.7 cm³/mol. The Labute approximate surface area is 99.9 Å². The van der Waals surface area contributed by atoms with Crippen LogP contribution in [0.15, 0.2) is 36.4 Å². The number of hydrogen-bond acceptors (Lipinski definition) is 1. The third kappa shape index (κ3) is 2.26. The molecular formula is C15H13FO. The fourth-order valence-corrected chi connectivity index (χ4v) is 1.94. The van der Waals surface area contributed by atoms with Crippen LogP contribution in [0, 0.1) is 19.7 Å². The van der Waals surface area contributed by atoms with Gasteiger partial charge in [0.15, 0.2) is 6.29 Å². The first kappa shape index (κ1) is 11.5. The van der Waals surface area contributed by atoms with Crippen molar-refractivity contribution >= 4 is 6.29 Å². The van der Waals surface area contributed by atoms with Gasteiger partial charge in [0.05, 0.1) is 0 Å². The maximum Gasteiger partial charge on any atom is 0.150 e. The molecule has 0 bridgehead atoms. The fourth-order valence-electron chi connectivity index (χ4n) is 1.94. The van der Waals surface area contributed by atoms with Crippen LogP contribution in [0.5, 0.6) is 0 Å². The summed E-state index contributed by atoms with van der Waals surface area (Å²) >= 11 is 0. The van der Waals surface area contributed by atoms with Crippen molar-refractivity contribution < 1.29 is 9.18 Å². The van der Waals surface area contributed by atoms with Gasteiger partial charge in [0.25, 0.3) is 0 Å². The standard InChI is InChI=1S/C15H13FO/c1-10-3-4-12(9-17)15(7-10)14-6-5-13(16)8-11(14)2/h3-9H,1-2H3. The minimum atomic E-state index is -0.258. The molecule has 17 heavy (non-hydrogen) atoms. The molecule has 0 aromatic heterocycles. The summed E-state index contributed by atoms with van der Waals surface area (Å²) in [5, 5.41) is 0. The Morgan fingerprint density at radius 1 is 1.00 bits per heavy atom. The molecule has 0 aliphatic carbocycles. The van der Waals surface area contributed by atoms with Crippen molar-refractivity contribution in [3.63, 3.8) is 0 Å².